The molecule has 1 N–H and O–H groups in total. The quantitative estimate of drug-likeness (QED) is 0.887. The SMILES string of the molecule is CC(C)Oc1cccnc1N1CCCC(CCO)C1. The van der Waals surface area contributed by atoms with Crippen molar-refractivity contribution in [1.82, 2.24) is 4.98 Å². The predicted molar refractivity (Wildman–Crippen MR) is 76.6 cm³/mol. The summed E-state index contributed by atoms with van der Waals surface area (Å²) < 4.78 is 5.84. The average molecular weight is 264 g/mol. The second-order valence-electron chi connectivity index (χ2n) is 5.46. The lowest BCUT2D eigenvalue weighted by molar-refractivity contribution is 0.236. The molecular formula is C15H24N2O2. The number of rotatable bonds is 5. The second-order valence-corrected chi connectivity index (χ2v) is 5.46. The molecule has 0 amide bonds. The lowest BCUT2D eigenvalue weighted by Gasteiger charge is -2.34. The molecule has 1 saturated heterocycles. The van der Waals surface area contributed by atoms with Gasteiger partial charge in [0.2, 0.25) is 0 Å². The minimum Gasteiger partial charge on any atom is -0.487 e. The first-order valence-electron chi connectivity index (χ1n) is 7.18. The molecule has 1 aromatic rings. The van der Waals surface area contributed by atoms with Crippen molar-refractivity contribution in [3.63, 3.8) is 0 Å². The van der Waals surface area contributed by atoms with Crippen LogP contribution >= 0.6 is 0 Å². The fourth-order valence-corrected chi connectivity index (χ4v) is 2.64. The lowest BCUT2D eigenvalue weighted by atomic mass is 9.95. The first kappa shape index (κ1) is 14.1. The molecule has 0 spiro atoms. The molecule has 1 aliphatic heterocycles. The first-order chi connectivity index (χ1) is 9.20. The zero-order chi connectivity index (χ0) is 13.7. The van der Waals surface area contributed by atoms with E-state index < -0.39 is 0 Å². The molecule has 1 atom stereocenters. The minimum absolute atomic E-state index is 0.154. The Morgan fingerprint density at radius 3 is 3.11 bits per heavy atom. The van der Waals surface area contributed by atoms with E-state index in [-0.39, 0.29) is 12.7 Å². The Morgan fingerprint density at radius 2 is 2.37 bits per heavy atom. The van der Waals surface area contributed by atoms with Gasteiger partial charge in [-0.25, -0.2) is 4.98 Å². The summed E-state index contributed by atoms with van der Waals surface area (Å²) in [6.07, 6.45) is 5.20. The fourth-order valence-electron chi connectivity index (χ4n) is 2.64. The maximum absolute atomic E-state index is 9.09. The van der Waals surface area contributed by atoms with Crippen molar-refractivity contribution in [2.24, 2.45) is 5.92 Å². The number of anilines is 1. The Labute approximate surface area is 115 Å². The highest BCUT2D eigenvalue weighted by atomic mass is 16.5. The lowest BCUT2D eigenvalue weighted by Crippen LogP contribution is -2.36. The largest absolute Gasteiger partial charge is 0.487 e. The Morgan fingerprint density at radius 1 is 1.53 bits per heavy atom. The third-order valence-corrected chi connectivity index (χ3v) is 3.47. The summed E-state index contributed by atoms with van der Waals surface area (Å²) in [6.45, 7) is 6.32. The molecule has 2 heterocycles. The predicted octanol–water partition coefficient (Wildman–Crippen LogP) is 2.47. The third-order valence-electron chi connectivity index (χ3n) is 3.47. The average Bonchev–Trinajstić information content (AvgIpc) is 2.39. The number of nitrogens with zero attached hydrogens (tertiary/aromatic N) is 2. The van der Waals surface area contributed by atoms with Gasteiger partial charge >= 0.3 is 0 Å². The molecule has 1 unspecified atom stereocenters. The highest BCUT2D eigenvalue weighted by Gasteiger charge is 2.23. The molecule has 4 nitrogen and oxygen atoms in total. The van der Waals surface area contributed by atoms with Gasteiger partial charge in [-0.1, -0.05) is 0 Å². The number of aliphatic hydroxyl groups excluding tert-OH is 1. The Hall–Kier alpha value is -1.29. The summed E-state index contributed by atoms with van der Waals surface area (Å²) in [7, 11) is 0. The van der Waals surface area contributed by atoms with Gasteiger partial charge in [-0.2, -0.15) is 0 Å². The van der Waals surface area contributed by atoms with Crippen LogP contribution in [0.4, 0.5) is 5.82 Å². The van der Waals surface area contributed by atoms with Crippen LogP contribution in [0.2, 0.25) is 0 Å². The number of hydrogen-bond acceptors (Lipinski definition) is 4. The smallest absolute Gasteiger partial charge is 0.171 e. The minimum atomic E-state index is 0.154. The van der Waals surface area contributed by atoms with Gasteiger partial charge in [0, 0.05) is 25.9 Å². The normalized spacial score (nSPS) is 19.8. The van der Waals surface area contributed by atoms with Gasteiger partial charge < -0.3 is 14.7 Å². The Bertz CT molecular complexity index is 393. The maximum atomic E-state index is 9.09. The van der Waals surface area contributed by atoms with Gasteiger partial charge in [0.05, 0.1) is 6.10 Å². The Kier molecular flexibility index (Phi) is 5.02. The van der Waals surface area contributed by atoms with Crippen molar-refractivity contribution < 1.29 is 9.84 Å². The van der Waals surface area contributed by atoms with Crippen LogP contribution in [0.15, 0.2) is 18.3 Å². The first-order valence-corrected chi connectivity index (χ1v) is 7.18. The molecule has 0 aliphatic carbocycles. The molecule has 0 aromatic carbocycles. The number of aliphatic hydroxyl groups is 1. The number of hydrogen-bond donors (Lipinski definition) is 1. The highest BCUT2D eigenvalue weighted by molar-refractivity contribution is 5.52. The van der Waals surface area contributed by atoms with Crippen LogP contribution in [0, 0.1) is 5.92 Å². The van der Waals surface area contributed by atoms with E-state index in [1.54, 1.807) is 0 Å². The molecule has 0 bridgehead atoms. The topological polar surface area (TPSA) is 45.6 Å². The van der Waals surface area contributed by atoms with Crippen LogP contribution in [0.3, 0.4) is 0 Å². The fraction of sp³-hybridized carbons (Fsp3) is 0.667. The second kappa shape index (κ2) is 6.75. The summed E-state index contributed by atoms with van der Waals surface area (Å²) in [6, 6.07) is 3.90. The molecule has 1 aliphatic rings. The number of ether oxygens (including phenoxy) is 1. The van der Waals surface area contributed by atoms with Gasteiger partial charge in [0.1, 0.15) is 0 Å². The number of pyridine rings is 1. The van der Waals surface area contributed by atoms with E-state index in [2.05, 4.69) is 9.88 Å². The van der Waals surface area contributed by atoms with E-state index in [1.807, 2.05) is 32.2 Å². The zero-order valence-electron chi connectivity index (χ0n) is 11.9. The monoisotopic (exact) mass is 264 g/mol. The van der Waals surface area contributed by atoms with E-state index >= 15 is 0 Å². The van der Waals surface area contributed by atoms with Crippen molar-refractivity contribution in [2.75, 3.05) is 24.6 Å². The van der Waals surface area contributed by atoms with Crippen LogP contribution in [0.1, 0.15) is 33.1 Å². The number of aromatic nitrogens is 1. The van der Waals surface area contributed by atoms with Crippen LogP contribution in [-0.4, -0.2) is 35.9 Å². The molecule has 0 saturated carbocycles. The molecule has 2 rings (SSSR count). The number of piperidine rings is 1. The third kappa shape index (κ3) is 3.83. The van der Waals surface area contributed by atoms with Gasteiger partial charge in [-0.15, -0.1) is 0 Å². The van der Waals surface area contributed by atoms with Crippen LogP contribution in [0.25, 0.3) is 0 Å². The van der Waals surface area contributed by atoms with Gasteiger partial charge in [-0.05, 0) is 51.2 Å². The van der Waals surface area contributed by atoms with Crippen molar-refractivity contribution in [3.8, 4) is 5.75 Å². The molecule has 106 valence electrons. The molecule has 4 heteroatoms. The van der Waals surface area contributed by atoms with Crippen molar-refractivity contribution in [1.29, 1.82) is 0 Å². The molecule has 19 heavy (non-hydrogen) atoms. The van der Waals surface area contributed by atoms with Crippen LogP contribution < -0.4 is 9.64 Å². The van der Waals surface area contributed by atoms with E-state index in [0.717, 1.165) is 37.5 Å². The van der Waals surface area contributed by atoms with Gasteiger partial charge in [-0.3, -0.25) is 0 Å². The van der Waals surface area contributed by atoms with Crippen molar-refractivity contribution in [2.45, 2.75) is 39.2 Å². The highest BCUT2D eigenvalue weighted by Crippen LogP contribution is 2.30. The zero-order valence-corrected chi connectivity index (χ0v) is 11.9. The van der Waals surface area contributed by atoms with Gasteiger partial charge in [0.25, 0.3) is 0 Å². The molecule has 1 fully saturated rings. The van der Waals surface area contributed by atoms with Crippen LogP contribution in [0.5, 0.6) is 5.75 Å². The molecule has 1 aromatic heterocycles. The summed E-state index contributed by atoms with van der Waals surface area (Å²) in [4.78, 5) is 6.78. The van der Waals surface area contributed by atoms with Crippen molar-refractivity contribution in [3.05, 3.63) is 18.3 Å². The molecular weight excluding hydrogens is 240 g/mol. The van der Waals surface area contributed by atoms with E-state index in [1.165, 1.54) is 6.42 Å². The van der Waals surface area contributed by atoms with Crippen LogP contribution in [-0.2, 0) is 0 Å². The maximum Gasteiger partial charge on any atom is 0.171 e. The van der Waals surface area contributed by atoms with E-state index in [4.69, 9.17) is 9.84 Å². The summed E-state index contributed by atoms with van der Waals surface area (Å²) in [5.74, 6) is 2.37. The standard InChI is InChI=1S/C15H24N2O2/c1-12(2)19-14-6-3-8-16-15(14)17-9-4-5-13(11-17)7-10-18/h3,6,8,12-13,18H,4-5,7,9-11H2,1-2H3. The summed E-state index contributed by atoms with van der Waals surface area (Å²) in [5, 5.41) is 9.09. The summed E-state index contributed by atoms with van der Waals surface area (Å²) >= 11 is 0. The summed E-state index contributed by atoms with van der Waals surface area (Å²) in [5.41, 5.74) is 0. The van der Waals surface area contributed by atoms with Gasteiger partial charge in [0.15, 0.2) is 11.6 Å². The van der Waals surface area contributed by atoms with E-state index in [0.29, 0.717) is 5.92 Å². The van der Waals surface area contributed by atoms with E-state index in [9.17, 15) is 0 Å². The molecule has 0 radical (unpaired) electrons. The van der Waals surface area contributed by atoms with Crippen molar-refractivity contribution >= 4 is 5.82 Å². The Balaban J connectivity index is 2.11.